The first kappa shape index (κ1) is 11.4. The highest BCUT2D eigenvalue weighted by Crippen LogP contribution is 2.21. The van der Waals surface area contributed by atoms with E-state index < -0.39 is 0 Å². The van der Waals surface area contributed by atoms with E-state index in [1.54, 1.807) is 0 Å². The van der Waals surface area contributed by atoms with Gasteiger partial charge in [-0.15, -0.1) is 0 Å². The maximum atomic E-state index is 6.08. The van der Waals surface area contributed by atoms with Gasteiger partial charge in [0.25, 0.3) is 0 Å². The number of rotatable bonds is 2. The van der Waals surface area contributed by atoms with Crippen molar-refractivity contribution < 1.29 is 4.74 Å². The van der Waals surface area contributed by atoms with Gasteiger partial charge in [-0.2, -0.15) is 0 Å². The predicted molar refractivity (Wildman–Crippen MR) is 64.5 cm³/mol. The molecule has 1 aromatic rings. The van der Waals surface area contributed by atoms with Crippen molar-refractivity contribution in [2.24, 2.45) is 5.73 Å². The number of aromatic nitrogens is 1. The Labute approximate surface area is 96.4 Å². The van der Waals surface area contributed by atoms with Crippen LogP contribution >= 0.6 is 0 Å². The van der Waals surface area contributed by atoms with Crippen LogP contribution in [0.15, 0.2) is 18.3 Å². The topological polar surface area (TPSA) is 51.4 Å². The molecule has 1 fully saturated rings. The quantitative estimate of drug-likeness (QED) is 0.813. The second-order valence-corrected chi connectivity index (χ2v) is 4.72. The van der Waals surface area contributed by atoms with Crippen LogP contribution in [-0.4, -0.2) is 31.3 Å². The van der Waals surface area contributed by atoms with E-state index in [0.29, 0.717) is 0 Å². The number of hydrogen-bond donors (Lipinski definition) is 1. The molecule has 0 radical (unpaired) electrons. The summed E-state index contributed by atoms with van der Waals surface area (Å²) in [6.45, 7) is 7.37. The lowest BCUT2D eigenvalue weighted by Gasteiger charge is -2.29. The SMILES string of the molecule is CC(C)(N)c1ccnc(N2CCOCC2)c1. The van der Waals surface area contributed by atoms with Crippen molar-refractivity contribution >= 4 is 5.82 Å². The number of nitrogens with zero attached hydrogens (tertiary/aromatic N) is 2. The highest BCUT2D eigenvalue weighted by molar-refractivity contribution is 5.43. The maximum Gasteiger partial charge on any atom is 0.128 e. The van der Waals surface area contributed by atoms with Crippen molar-refractivity contribution in [3.05, 3.63) is 23.9 Å². The molecule has 1 aromatic heterocycles. The van der Waals surface area contributed by atoms with E-state index in [9.17, 15) is 0 Å². The zero-order chi connectivity index (χ0) is 11.6. The van der Waals surface area contributed by atoms with Crippen molar-refractivity contribution in [3.8, 4) is 0 Å². The minimum Gasteiger partial charge on any atom is -0.378 e. The molecule has 0 saturated carbocycles. The molecular weight excluding hydrogens is 202 g/mol. The number of anilines is 1. The molecule has 1 aliphatic heterocycles. The molecule has 1 aliphatic rings. The van der Waals surface area contributed by atoms with Crippen molar-refractivity contribution in [3.63, 3.8) is 0 Å². The molecule has 16 heavy (non-hydrogen) atoms. The van der Waals surface area contributed by atoms with E-state index in [-0.39, 0.29) is 5.54 Å². The smallest absolute Gasteiger partial charge is 0.128 e. The second kappa shape index (κ2) is 4.39. The van der Waals surface area contributed by atoms with Gasteiger partial charge in [0.15, 0.2) is 0 Å². The zero-order valence-corrected chi connectivity index (χ0v) is 9.94. The summed E-state index contributed by atoms with van der Waals surface area (Å²) in [5.74, 6) is 0.999. The molecule has 2 heterocycles. The Hall–Kier alpha value is -1.13. The summed E-state index contributed by atoms with van der Waals surface area (Å²) in [4.78, 5) is 6.63. The fourth-order valence-corrected chi connectivity index (χ4v) is 1.78. The number of morpholine rings is 1. The molecular formula is C12H19N3O. The summed E-state index contributed by atoms with van der Waals surface area (Å²) in [6.07, 6.45) is 1.83. The second-order valence-electron chi connectivity index (χ2n) is 4.72. The normalized spacial score (nSPS) is 17.6. The molecule has 4 nitrogen and oxygen atoms in total. The van der Waals surface area contributed by atoms with Gasteiger partial charge in [0.1, 0.15) is 5.82 Å². The largest absolute Gasteiger partial charge is 0.378 e. The fraction of sp³-hybridized carbons (Fsp3) is 0.583. The lowest BCUT2D eigenvalue weighted by atomic mass is 9.97. The van der Waals surface area contributed by atoms with E-state index in [4.69, 9.17) is 10.5 Å². The summed E-state index contributed by atoms with van der Waals surface area (Å²) >= 11 is 0. The summed E-state index contributed by atoms with van der Waals surface area (Å²) in [6, 6.07) is 4.05. The fourth-order valence-electron chi connectivity index (χ4n) is 1.78. The van der Waals surface area contributed by atoms with Crippen LogP contribution in [0.25, 0.3) is 0 Å². The van der Waals surface area contributed by atoms with Gasteiger partial charge in [-0.3, -0.25) is 0 Å². The molecule has 0 bridgehead atoms. The molecule has 0 aromatic carbocycles. The number of pyridine rings is 1. The summed E-state index contributed by atoms with van der Waals surface area (Å²) in [5.41, 5.74) is 6.88. The molecule has 2 rings (SSSR count). The first-order valence-electron chi connectivity index (χ1n) is 5.65. The molecule has 0 atom stereocenters. The number of nitrogens with two attached hydrogens (primary N) is 1. The molecule has 88 valence electrons. The number of hydrogen-bond acceptors (Lipinski definition) is 4. The van der Waals surface area contributed by atoms with Gasteiger partial charge < -0.3 is 15.4 Å². The lowest BCUT2D eigenvalue weighted by molar-refractivity contribution is 0.122. The maximum absolute atomic E-state index is 6.08. The summed E-state index contributed by atoms with van der Waals surface area (Å²) in [7, 11) is 0. The molecule has 0 aliphatic carbocycles. The van der Waals surface area contributed by atoms with E-state index >= 15 is 0 Å². The Morgan fingerprint density at radius 3 is 2.69 bits per heavy atom. The third-order valence-corrected chi connectivity index (χ3v) is 2.82. The van der Waals surface area contributed by atoms with E-state index in [2.05, 4.69) is 16.0 Å². The first-order valence-corrected chi connectivity index (χ1v) is 5.65. The van der Waals surface area contributed by atoms with Crippen molar-refractivity contribution in [1.29, 1.82) is 0 Å². The summed E-state index contributed by atoms with van der Waals surface area (Å²) < 4.78 is 5.32. The molecule has 0 spiro atoms. The minimum absolute atomic E-state index is 0.315. The average Bonchev–Trinajstić information content (AvgIpc) is 2.29. The van der Waals surface area contributed by atoms with E-state index in [1.807, 2.05) is 26.1 Å². The Morgan fingerprint density at radius 1 is 1.38 bits per heavy atom. The van der Waals surface area contributed by atoms with Crippen LogP contribution < -0.4 is 10.6 Å². The third-order valence-electron chi connectivity index (χ3n) is 2.82. The standard InChI is InChI=1S/C12H19N3O/c1-12(2,13)10-3-4-14-11(9-10)15-5-7-16-8-6-15/h3-4,9H,5-8,13H2,1-2H3. The van der Waals surface area contributed by atoms with Crippen molar-refractivity contribution in [2.45, 2.75) is 19.4 Å². The molecule has 2 N–H and O–H groups in total. The van der Waals surface area contributed by atoms with Gasteiger partial charge in [0, 0.05) is 24.8 Å². The predicted octanol–water partition coefficient (Wildman–Crippen LogP) is 1.11. The van der Waals surface area contributed by atoms with Crippen LogP contribution in [0.1, 0.15) is 19.4 Å². The van der Waals surface area contributed by atoms with Crippen LogP contribution in [0, 0.1) is 0 Å². The highest BCUT2D eigenvalue weighted by atomic mass is 16.5. The number of ether oxygens (including phenoxy) is 1. The first-order chi connectivity index (χ1) is 7.57. The van der Waals surface area contributed by atoms with Gasteiger partial charge in [-0.1, -0.05) is 0 Å². The van der Waals surface area contributed by atoms with Crippen LogP contribution in [-0.2, 0) is 10.3 Å². The van der Waals surface area contributed by atoms with Gasteiger partial charge in [0.05, 0.1) is 13.2 Å². The Morgan fingerprint density at radius 2 is 2.06 bits per heavy atom. The van der Waals surface area contributed by atoms with Gasteiger partial charge >= 0.3 is 0 Å². The van der Waals surface area contributed by atoms with E-state index in [1.165, 1.54) is 0 Å². The van der Waals surface area contributed by atoms with Gasteiger partial charge in [-0.05, 0) is 31.5 Å². The monoisotopic (exact) mass is 221 g/mol. The third kappa shape index (κ3) is 2.51. The van der Waals surface area contributed by atoms with Crippen LogP contribution in [0.4, 0.5) is 5.82 Å². The highest BCUT2D eigenvalue weighted by Gasteiger charge is 2.17. The van der Waals surface area contributed by atoms with Crippen LogP contribution in [0.5, 0.6) is 0 Å². The van der Waals surface area contributed by atoms with Crippen LogP contribution in [0.3, 0.4) is 0 Å². The molecule has 4 heteroatoms. The Bertz CT molecular complexity index is 354. The Balaban J connectivity index is 2.21. The van der Waals surface area contributed by atoms with Crippen molar-refractivity contribution in [2.75, 3.05) is 31.2 Å². The lowest BCUT2D eigenvalue weighted by Crippen LogP contribution is -2.37. The van der Waals surface area contributed by atoms with Crippen LogP contribution in [0.2, 0.25) is 0 Å². The Kier molecular flexibility index (Phi) is 3.12. The van der Waals surface area contributed by atoms with Crippen molar-refractivity contribution in [1.82, 2.24) is 4.98 Å². The summed E-state index contributed by atoms with van der Waals surface area (Å²) in [5, 5.41) is 0. The zero-order valence-electron chi connectivity index (χ0n) is 9.94. The average molecular weight is 221 g/mol. The molecule has 0 amide bonds. The molecule has 1 saturated heterocycles. The van der Waals surface area contributed by atoms with E-state index in [0.717, 1.165) is 37.7 Å². The van der Waals surface area contributed by atoms with Gasteiger partial charge in [0.2, 0.25) is 0 Å². The molecule has 0 unspecified atom stereocenters. The minimum atomic E-state index is -0.315. The van der Waals surface area contributed by atoms with Gasteiger partial charge in [-0.25, -0.2) is 4.98 Å².